The summed E-state index contributed by atoms with van der Waals surface area (Å²) >= 11 is 1.68. The highest BCUT2D eigenvalue weighted by atomic mass is 32.1. The number of aliphatic imine (C=N–C) groups is 1. The molecule has 0 aliphatic carbocycles. The molecule has 0 aliphatic rings. The molecule has 0 atom stereocenters. The summed E-state index contributed by atoms with van der Waals surface area (Å²) in [6.07, 6.45) is 2.74. The third-order valence-corrected chi connectivity index (χ3v) is 5.19. The SMILES string of the molecule is Cc1nnc(CNC(=NCc2ccccc2)N(C)CCc2nccs2)n1C. The molecule has 1 aromatic carbocycles. The molecule has 3 aromatic rings. The quantitative estimate of drug-likeness (QED) is 0.501. The Balaban J connectivity index is 1.67. The molecule has 0 saturated heterocycles. The van der Waals surface area contributed by atoms with Crippen molar-refractivity contribution in [3.05, 3.63) is 64.1 Å². The number of guanidine groups is 1. The normalized spacial score (nSPS) is 11.6. The lowest BCUT2D eigenvalue weighted by atomic mass is 10.2. The number of aryl methyl sites for hydroxylation is 1. The van der Waals surface area contributed by atoms with Crippen molar-refractivity contribution in [1.29, 1.82) is 0 Å². The van der Waals surface area contributed by atoms with Crippen LogP contribution in [-0.2, 0) is 26.6 Å². The first-order valence-corrected chi connectivity index (χ1v) is 9.78. The minimum atomic E-state index is 0.576. The number of benzene rings is 1. The lowest BCUT2D eigenvalue weighted by molar-refractivity contribution is 0.480. The lowest BCUT2D eigenvalue weighted by Gasteiger charge is -2.22. The van der Waals surface area contributed by atoms with E-state index in [-0.39, 0.29) is 0 Å². The fourth-order valence-electron chi connectivity index (χ4n) is 2.57. The minimum absolute atomic E-state index is 0.576. The van der Waals surface area contributed by atoms with Gasteiger partial charge in [0.05, 0.1) is 18.1 Å². The Morgan fingerprint density at radius 3 is 2.74 bits per heavy atom. The monoisotopic (exact) mass is 383 g/mol. The van der Waals surface area contributed by atoms with Gasteiger partial charge in [0.25, 0.3) is 0 Å². The smallest absolute Gasteiger partial charge is 0.194 e. The maximum absolute atomic E-state index is 4.80. The Morgan fingerprint density at radius 1 is 1.26 bits per heavy atom. The zero-order valence-corrected chi connectivity index (χ0v) is 16.8. The van der Waals surface area contributed by atoms with E-state index in [1.165, 1.54) is 5.56 Å². The largest absolute Gasteiger partial charge is 0.349 e. The Kier molecular flexibility index (Phi) is 6.54. The van der Waals surface area contributed by atoms with Gasteiger partial charge in [0.1, 0.15) is 5.82 Å². The predicted molar refractivity (Wildman–Crippen MR) is 109 cm³/mol. The highest BCUT2D eigenvalue weighted by Gasteiger charge is 2.10. The molecule has 0 bridgehead atoms. The predicted octanol–water partition coefficient (Wildman–Crippen LogP) is 2.40. The van der Waals surface area contributed by atoms with E-state index < -0.39 is 0 Å². The van der Waals surface area contributed by atoms with E-state index in [0.29, 0.717) is 13.1 Å². The zero-order valence-electron chi connectivity index (χ0n) is 16.0. The van der Waals surface area contributed by atoms with Crippen LogP contribution in [0.25, 0.3) is 0 Å². The zero-order chi connectivity index (χ0) is 19.1. The first kappa shape index (κ1) is 19.0. The highest BCUT2D eigenvalue weighted by molar-refractivity contribution is 7.09. The van der Waals surface area contributed by atoms with Crippen molar-refractivity contribution in [2.75, 3.05) is 13.6 Å². The summed E-state index contributed by atoms with van der Waals surface area (Å²) in [5, 5.41) is 14.9. The minimum Gasteiger partial charge on any atom is -0.349 e. The average molecular weight is 384 g/mol. The number of likely N-dealkylation sites (N-methyl/N-ethyl adjacent to an activating group) is 1. The number of nitrogens with one attached hydrogen (secondary N) is 1. The van der Waals surface area contributed by atoms with Crippen molar-refractivity contribution in [1.82, 2.24) is 30.0 Å². The first-order valence-electron chi connectivity index (χ1n) is 8.90. The van der Waals surface area contributed by atoms with Crippen LogP contribution in [0.4, 0.5) is 0 Å². The van der Waals surface area contributed by atoms with Gasteiger partial charge in [-0.25, -0.2) is 9.98 Å². The van der Waals surface area contributed by atoms with E-state index in [4.69, 9.17) is 4.99 Å². The van der Waals surface area contributed by atoms with Crippen LogP contribution >= 0.6 is 11.3 Å². The second kappa shape index (κ2) is 9.27. The highest BCUT2D eigenvalue weighted by Crippen LogP contribution is 2.06. The van der Waals surface area contributed by atoms with Gasteiger partial charge < -0.3 is 14.8 Å². The van der Waals surface area contributed by atoms with Crippen LogP contribution in [0.1, 0.15) is 22.2 Å². The summed E-state index contributed by atoms with van der Waals surface area (Å²) in [7, 11) is 4.02. The Labute approximate surface area is 163 Å². The van der Waals surface area contributed by atoms with E-state index in [0.717, 1.165) is 35.6 Å². The Bertz CT molecular complexity index is 856. The molecule has 27 heavy (non-hydrogen) atoms. The van der Waals surface area contributed by atoms with Gasteiger partial charge in [-0.3, -0.25) is 0 Å². The number of rotatable bonds is 7. The van der Waals surface area contributed by atoms with Crippen LogP contribution in [0.2, 0.25) is 0 Å². The molecule has 0 amide bonds. The molecule has 0 fully saturated rings. The standard InChI is InChI=1S/C19H25N7S/c1-15-23-24-17(26(15)3)14-22-19(21-13-16-7-5-4-6-8-16)25(2)11-9-18-20-10-12-27-18/h4-8,10,12H,9,11,13-14H2,1-3H3,(H,21,22). The van der Waals surface area contributed by atoms with Gasteiger partial charge in [0, 0.05) is 38.6 Å². The summed E-state index contributed by atoms with van der Waals surface area (Å²) in [5.41, 5.74) is 1.18. The summed E-state index contributed by atoms with van der Waals surface area (Å²) in [6.45, 7) is 3.99. The second-order valence-corrected chi connectivity index (χ2v) is 7.28. The molecule has 0 radical (unpaired) electrons. The van der Waals surface area contributed by atoms with Crippen molar-refractivity contribution in [2.24, 2.45) is 12.0 Å². The molecule has 1 N–H and O–H groups in total. The molecule has 8 heteroatoms. The van der Waals surface area contributed by atoms with Gasteiger partial charge in [-0.05, 0) is 12.5 Å². The van der Waals surface area contributed by atoms with E-state index >= 15 is 0 Å². The molecule has 2 heterocycles. The van der Waals surface area contributed by atoms with Gasteiger partial charge in [-0.2, -0.15) is 0 Å². The van der Waals surface area contributed by atoms with Crippen LogP contribution in [0.15, 0.2) is 46.9 Å². The van der Waals surface area contributed by atoms with E-state index in [9.17, 15) is 0 Å². The van der Waals surface area contributed by atoms with E-state index in [1.807, 2.05) is 55.4 Å². The van der Waals surface area contributed by atoms with Crippen LogP contribution < -0.4 is 5.32 Å². The number of nitrogens with zero attached hydrogens (tertiary/aromatic N) is 6. The second-order valence-electron chi connectivity index (χ2n) is 6.30. The molecular weight excluding hydrogens is 358 g/mol. The van der Waals surface area contributed by atoms with Gasteiger partial charge in [0.15, 0.2) is 11.8 Å². The molecular formula is C19H25N7S. The van der Waals surface area contributed by atoms with Crippen LogP contribution in [-0.4, -0.2) is 44.2 Å². The molecule has 0 aliphatic heterocycles. The lowest BCUT2D eigenvalue weighted by Crippen LogP contribution is -2.40. The first-order chi connectivity index (χ1) is 13.1. The molecule has 0 unspecified atom stereocenters. The van der Waals surface area contributed by atoms with Crippen molar-refractivity contribution in [3.8, 4) is 0 Å². The molecule has 0 spiro atoms. The summed E-state index contributed by atoms with van der Waals surface area (Å²) in [6, 6.07) is 10.3. The molecule has 3 rings (SSSR count). The van der Waals surface area contributed by atoms with Crippen LogP contribution in [0.3, 0.4) is 0 Å². The number of thiazole rings is 1. The fourth-order valence-corrected chi connectivity index (χ4v) is 3.18. The fraction of sp³-hybridized carbons (Fsp3) is 0.368. The van der Waals surface area contributed by atoms with Gasteiger partial charge in [0.2, 0.25) is 0 Å². The van der Waals surface area contributed by atoms with E-state index in [2.05, 4.69) is 37.5 Å². The summed E-state index contributed by atoms with van der Waals surface area (Å²) < 4.78 is 1.98. The van der Waals surface area contributed by atoms with Crippen LogP contribution in [0, 0.1) is 6.92 Å². The van der Waals surface area contributed by atoms with Crippen molar-refractivity contribution in [3.63, 3.8) is 0 Å². The van der Waals surface area contributed by atoms with Gasteiger partial charge in [-0.15, -0.1) is 21.5 Å². The maximum atomic E-state index is 4.80. The molecule has 142 valence electrons. The summed E-state index contributed by atoms with van der Waals surface area (Å²) in [5.74, 6) is 2.62. The van der Waals surface area contributed by atoms with E-state index in [1.54, 1.807) is 11.3 Å². The number of hydrogen-bond acceptors (Lipinski definition) is 5. The topological polar surface area (TPSA) is 71.2 Å². The van der Waals surface area contributed by atoms with Crippen molar-refractivity contribution in [2.45, 2.75) is 26.4 Å². The van der Waals surface area contributed by atoms with Crippen molar-refractivity contribution >= 4 is 17.3 Å². The summed E-state index contributed by atoms with van der Waals surface area (Å²) in [4.78, 5) is 11.3. The number of aromatic nitrogens is 4. The van der Waals surface area contributed by atoms with Gasteiger partial charge in [-0.1, -0.05) is 30.3 Å². The Morgan fingerprint density at radius 2 is 2.07 bits per heavy atom. The molecule has 7 nitrogen and oxygen atoms in total. The average Bonchev–Trinajstić information content (AvgIpc) is 3.32. The molecule has 0 saturated carbocycles. The number of hydrogen-bond donors (Lipinski definition) is 1. The maximum Gasteiger partial charge on any atom is 0.194 e. The molecule has 2 aromatic heterocycles. The third kappa shape index (κ3) is 5.37. The Hall–Kier alpha value is -2.74. The van der Waals surface area contributed by atoms with Gasteiger partial charge >= 0.3 is 0 Å². The van der Waals surface area contributed by atoms with Crippen LogP contribution in [0.5, 0.6) is 0 Å². The van der Waals surface area contributed by atoms with Crippen molar-refractivity contribution < 1.29 is 0 Å². The third-order valence-electron chi connectivity index (χ3n) is 4.35.